The van der Waals surface area contributed by atoms with Crippen molar-refractivity contribution < 1.29 is 18.9 Å². The van der Waals surface area contributed by atoms with Gasteiger partial charge in [0, 0.05) is 34.5 Å². The predicted molar refractivity (Wildman–Crippen MR) is 130 cm³/mol. The molecule has 178 valence electrons. The lowest BCUT2D eigenvalue weighted by atomic mass is 10.1. The van der Waals surface area contributed by atoms with Gasteiger partial charge < -0.3 is 18.9 Å². The summed E-state index contributed by atoms with van der Waals surface area (Å²) in [6, 6.07) is 7.86. The van der Waals surface area contributed by atoms with Crippen molar-refractivity contribution in [2.75, 3.05) is 64.4 Å². The minimum Gasteiger partial charge on any atom is -0.379 e. The van der Waals surface area contributed by atoms with Crippen LogP contribution in [-0.4, -0.2) is 64.4 Å². The van der Waals surface area contributed by atoms with Crippen LogP contribution in [0.25, 0.3) is 0 Å². The molecular formula is C24H36N2O4S2. The highest BCUT2D eigenvalue weighted by Gasteiger charge is 2.11. The van der Waals surface area contributed by atoms with Gasteiger partial charge in [-0.3, -0.25) is 0 Å². The number of hydrogen-bond acceptors (Lipinski definition) is 8. The first-order valence-corrected chi connectivity index (χ1v) is 13.3. The van der Waals surface area contributed by atoms with E-state index in [0.29, 0.717) is 50.8 Å². The SMILES string of the molecule is CCCCOCCOCCSc1cc(C#N)c(C#N)cc1SCCOCCOCCCC. The first-order chi connectivity index (χ1) is 15.8. The second-order valence-electron chi connectivity index (χ2n) is 6.92. The van der Waals surface area contributed by atoms with Crippen molar-refractivity contribution in [3.63, 3.8) is 0 Å². The number of benzene rings is 1. The standard InChI is InChI=1S/C24H36N2O4S2/c1-3-5-7-27-9-11-29-13-15-31-23-17-21(19-25)22(20-26)18-24(23)32-16-14-30-12-10-28-8-6-4-2/h17-18H,3-16H2,1-2H3. The molecular weight excluding hydrogens is 444 g/mol. The first kappa shape index (κ1) is 28.8. The van der Waals surface area contributed by atoms with Crippen LogP contribution in [0, 0.1) is 22.7 Å². The molecule has 0 aromatic heterocycles. The van der Waals surface area contributed by atoms with Crippen LogP contribution in [0.2, 0.25) is 0 Å². The second kappa shape index (κ2) is 20.4. The lowest BCUT2D eigenvalue weighted by molar-refractivity contribution is 0.0527. The Kier molecular flexibility index (Phi) is 18.3. The Morgan fingerprint density at radius 1 is 0.625 bits per heavy atom. The van der Waals surface area contributed by atoms with Gasteiger partial charge in [0.15, 0.2) is 0 Å². The predicted octanol–water partition coefficient (Wildman–Crippen LogP) is 5.28. The third-order valence-corrected chi connectivity index (χ3v) is 6.49. The quantitative estimate of drug-likeness (QED) is 0.184. The number of hydrogen-bond donors (Lipinski definition) is 0. The van der Waals surface area contributed by atoms with Gasteiger partial charge in [-0.25, -0.2) is 0 Å². The fourth-order valence-electron chi connectivity index (χ4n) is 2.53. The van der Waals surface area contributed by atoms with Gasteiger partial charge in [-0.1, -0.05) is 26.7 Å². The fraction of sp³-hybridized carbons (Fsp3) is 0.667. The average Bonchev–Trinajstić information content (AvgIpc) is 2.82. The summed E-state index contributed by atoms with van der Waals surface area (Å²) in [5, 5.41) is 18.7. The van der Waals surface area contributed by atoms with Gasteiger partial charge in [-0.2, -0.15) is 10.5 Å². The average molecular weight is 481 g/mol. The molecule has 0 aliphatic heterocycles. The van der Waals surface area contributed by atoms with Gasteiger partial charge in [-0.15, -0.1) is 23.5 Å². The highest BCUT2D eigenvalue weighted by molar-refractivity contribution is 8.02. The highest BCUT2D eigenvalue weighted by atomic mass is 32.2. The summed E-state index contributed by atoms with van der Waals surface area (Å²) in [7, 11) is 0. The smallest absolute Gasteiger partial charge is 0.101 e. The van der Waals surface area contributed by atoms with E-state index in [1.807, 2.05) is 12.1 Å². The lowest BCUT2D eigenvalue weighted by Gasteiger charge is -2.11. The molecule has 0 saturated carbocycles. The maximum atomic E-state index is 9.36. The summed E-state index contributed by atoms with van der Waals surface area (Å²) in [6.07, 6.45) is 4.42. The van der Waals surface area contributed by atoms with Gasteiger partial charge in [-0.05, 0) is 25.0 Å². The number of nitriles is 2. The van der Waals surface area contributed by atoms with Crippen molar-refractivity contribution in [3.8, 4) is 12.1 Å². The lowest BCUT2D eigenvalue weighted by Crippen LogP contribution is -2.07. The van der Waals surface area contributed by atoms with Crippen LogP contribution in [0.1, 0.15) is 50.7 Å². The summed E-state index contributed by atoms with van der Waals surface area (Å²) in [4.78, 5) is 1.99. The van der Waals surface area contributed by atoms with Crippen molar-refractivity contribution in [2.24, 2.45) is 0 Å². The van der Waals surface area contributed by atoms with Gasteiger partial charge in [0.25, 0.3) is 0 Å². The zero-order valence-electron chi connectivity index (χ0n) is 19.4. The monoisotopic (exact) mass is 480 g/mol. The van der Waals surface area contributed by atoms with E-state index in [9.17, 15) is 10.5 Å². The zero-order chi connectivity index (χ0) is 23.3. The first-order valence-electron chi connectivity index (χ1n) is 11.3. The van der Waals surface area contributed by atoms with Crippen molar-refractivity contribution >= 4 is 23.5 Å². The summed E-state index contributed by atoms with van der Waals surface area (Å²) in [5.41, 5.74) is 0.815. The molecule has 0 radical (unpaired) electrons. The van der Waals surface area contributed by atoms with E-state index in [-0.39, 0.29) is 0 Å². The van der Waals surface area contributed by atoms with Crippen LogP contribution in [0.3, 0.4) is 0 Å². The minimum atomic E-state index is 0.407. The van der Waals surface area contributed by atoms with Crippen molar-refractivity contribution in [2.45, 2.75) is 49.3 Å². The molecule has 1 aromatic carbocycles. The maximum absolute atomic E-state index is 9.36. The topological polar surface area (TPSA) is 84.5 Å². The third kappa shape index (κ3) is 13.3. The molecule has 0 heterocycles. The molecule has 0 N–H and O–H groups in total. The zero-order valence-corrected chi connectivity index (χ0v) is 21.0. The number of rotatable bonds is 20. The molecule has 1 aromatic rings. The molecule has 0 aliphatic rings. The molecule has 0 aliphatic carbocycles. The summed E-state index contributed by atoms with van der Waals surface area (Å²) in [5.74, 6) is 1.54. The Morgan fingerprint density at radius 3 is 1.34 bits per heavy atom. The van der Waals surface area contributed by atoms with Crippen LogP contribution >= 0.6 is 23.5 Å². The minimum absolute atomic E-state index is 0.407. The van der Waals surface area contributed by atoms with Crippen LogP contribution in [0.15, 0.2) is 21.9 Å². The Bertz CT molecular complexity index is 645. The largest absolute Gasteiger partial charge is 0.379 e. The Morgan fingerprint density at radius 2 is 1.00 bits per heavy atom. The number of unbranched alkanes of at least 4 members (excludes halogenated alkanes) is 2. The molecule has 32 heavy (non-hydrogen) atoms. The van der Waals surface area contributed by atoms with Crippen molar-refractivity contribution in [1.29, 1.82) is 10.5 Å². The van der Waals surface area contributed by atoms with Crippen molar-refractivity contribution in [1.82, 2.24) is 0 Å². The van der Waals surface area contributed by atoms with Crippen LogP contribution < -0.4 is 0 Å². The van der Waals surface area contributed by atoms with E-state index in [2.05, 4.69) is 26.0 Å². The Labute approximate surface area is 201 Å². The molecule has 1 rings (SSSR count). The molecule has 0 amide bonds. The normalized spacial score (nSPS) is 10.8. The second-order valence-corrected chi connectivity index (χ2v) is 9.20. The van der Waals surface area contributed by atoms with E-state index < -0.39 is 0 Å². The number of thioether (sulfide) groups is 2. The van der Waals surface area contributed by atoms with E-state index >= 15 is 0 Å². The molecule has 0 spiro atoms. The van der Waals surface area contributed by atoms with E-state index in [0.717, 1.165) is 60.2 Å². The van der Waals surface area contributed by atoms with E-state index in [4.69, 9.17) is 18.9 Å². The Hall–Kier alpha value is -1.26. The summed E-state index contributed by atoms with van der Waals surface area (Å²) >= 11 is 3.28. The molecule has 0 bridgehead atoms. The molecule has 0 atom stereocenters. The molecule has 0 unspecified atom stereocenters. The summed E-state index contributed by atoms with van der Waals surface area (Å²) < 4.78 is 22.2. The van der Waals surface area contributed by atoms with Gasteiger partial charge in [0.05, 0.1) is 50.8 Å². The summed E-state index contributed by atoms with van der Waals surface area (Å²) in [6.45, 7) is 9.47. The number of ether oxygens (including phenoxy) is 4. The van der Waals surface area contributed by atoms with E-state index in [1.54, 1.807) is 23.5 Å². The van der Waals surface area contributed by atoms with Gasteiger partial charge in [0.1, 0.15) is 12.1 Å². The van der Waals surface area contributed by atoms with Crippen molar-refractivity contribution in [3.05, 3.63) is 23.3 Å². The van der Waals surface area contributed by atoms with Crippen LogP contribution in [0.5, 0.6) is 0 Å². The maximum Gasteiger partial charge on any atom is 0.101 e. The Balaban J connectivity index is 2.41. The molecule has 6 nitrogen and oxygen atoms in total. The highest BCUT2D eigenvalue weighted by Crippen LogP contribution is 2.33. The van der Waals surface area contributed by atoms with Gasteiger partial charge in [0.2, 0.25) is 0 Å². The van der Waals surface area contributed by atoms with Crippen LogP contribution in [-0.2, 0) is 18.9 Å². The molecule has 0 saturated heterocycles. The van der Waals surface area contributed by atoms with Gasteiger partial charge >= 0.3 is 0 Å². The number of nitrogens with zero attached hydrogens (tertiary/aromatic N) is 2. The molecule has 8 heteroatoms. The van der Waals surface area contributed by atoms with E-state index in [1.165, 1.54) is 0 Å². The fourth-order valence-corrected chi connectivity index (χ4v) is 4.53. The third-order valence-electron chi connectivity index (χ3n) is 4.32. The van der Waals surface area contributed by atoms with Crippen LogP contribution in [0.4, 0.5) is 0 Å². The molecule has 0 fully saturated rings.